The van der Waals surface area contributed by atoms with Crippen LogP contribution in [0.4, 0.5) is 0 Å². The summed E-state index contributed by atoms with van der Waals surface area (Å²) in [6.07, 6.45) is 5.60. The van der Waals surface area contributed by atoms with E-state index in [4.69, 9.17) is 0 Å². The van der Waals surface area contributed by atoms with E-state index in [2.05, 4.69) is 49.4 Å². The maximum Gasteiger partial charge on any atom is -0.0136 e. The van der Waals surface area contributed by atoms with E-state index in [1.807, 2.05) is 0 Å². The van der Waals surface area contributed by atoms with Crippen LogP contribution in [-0.2, 0) is 0 Å². The van der Waals surface area contributed by atoms with Crippen molar-refractivity contribution in [3.05, 3.63) is 48.0 Å². The van der Waals surface area contributed by atoms with Gasteiger partial charge in [0, 0.05) is 0 Å². The average Bonchev–Trinajstić information content (AvgIpc) is 2.39. The second kappa shape index (κ2) is 4.52. The zero-order chi connectivity index (χ0) is 11.7. The van der Waals surface area contributed by atoms with Crippen LogP contribution in [0.2, 0.25) is 0 Å². The Hall–Kier alpha value is -1.30. The van der Waals surface area contributed by atoms with Gasteiger partial charge in [-0.2, -0.15) is 0 Å². The summed E-state index contributed by atoms with van der Waals surface area (Å²) in [7, 11) is 0. The van der Waals surface area contributed by atoms with Crippen LogP contribution in [-0.4, -0.2) is 0 Å². The number of rotatable bonds is 1. The molecule has 2 aromatic rings. The number of fused-ring (bicyclic) bond motifs is 1. The zero-order valence-electron chi connectivity index (χ0n) is 10.5. The SMILES string of the molecule is CC1CCCCC1c1ccc2ccccc2c1. The van der Waals surface area contributed by atoms with E-state index >= 15 is 0 Å². The molecule has 1 saturated carbocycles. The van der Waals surface area contributed by atoms with Crippen LogP contribution in [0.1, 0.15) is 44.1 Å². The molecular weight excluding hydrogens is 204 g/mol. The summed E-state index contributed by atoms with van der Waals surface area (Å²) in [5, 5.41) is 2.75. The highest BCUT2D eigenvalue weighted by atomic mass is 14.3. The summed E-state index contributed by atoms with van der Waals surface area (Å²) >= 11 is 0. The molecule has 0 bridgehead atoms. The topological polar surface area (TPSA) is 0 Å². The van der Waals surface area contributed by atoms with E-state index in [1.165, 1.54) is 36.5 Å². The highest BCUT2D eigenvalue weighted by molar-refractivity contribution is 5.83. The molecule has 1 fully saturated rings. The van der Waals surface area contributed by atoms with Gasteiger partial charge in [-0.15, -0.1) is 0 Å². The highest BCUT2D eigenvalue weighted by Crippen LogP contribution is 2.38. The molecule has 1 aliphatic carbocycles. The second-order valence-corrected chi connectivity index (χ2v) is 5.47. The summed E-state index contributed by atoms with van der Waals surface area (Å²) < 4.78 is 0. The number of hydrogen-bond donors (Lipinski definition) is 0. The van der Waals surface area contributed by atoms with E-state index < -0.39 is 0 Å². The maximum atomic E-state index is 2.42. The Kier molecular flexibility index (Phi) is 2.88. The number of hydrogen-bond acceptors (Lipinski definition) is 0. The van der Waals surface area contributed by atoms with Gasteiger partial charge in [-0.3, -0.25) is 0 Å². The monoisotopic (exact) mass is 224 g/mol. The predicted octanol–water partition coefficient (Wildman–Crippen LogP) is 5.13. The minimum Gasteiger partial charge on any atom is -0.0619 e. The Balaban J connectivity index is 1.99. The molecule has 1 aliphatic rings. The summed E-state index contributed by atoms with van der Waals surface area (Å²) in [4.78, 5) is 0. The van der Waals surface area contributed by atoms with Crippen LogP contribution < -0.4 is 0 Å². The Labute approximate surface area is 104 Å². The molecule has 2 unspecified atom stereocenters. The van der Waals surface area contributed by atoms with E-state index in [9.17, 15) is 0 Å². The van der Waals surface area contributed by atoms with Gasteiger partial charge in [0.15, 0.2) is 0 Å². The summed E-state index contributed by atoms with van der Waals surface area (Å²) in [6.45, 7) is 2.42. The van der Waals surface area contributed by atoms with Gasteiger partial charge in [0.2, 0.25) is 0 Å². The van der Waals surface area contributed by atoms with Crippen LogP contribution in [0.15, 0.2) is 42.5 Å². The van der Waals surface area contributed by atoms with Crippen molar-refractivity contribution in [2.45, 2.75) is 38.5 Å². The largest absolute Gasteiger partial charge is 0.0619 e. The minimum atomic E-state index is 0.786. The molecule has 2 aromatic carbocycles. The van der Waals surface area contributed by atoms with Crippen molar-refractivity contribution in [2.24, 2.45) is 5.92 Å². The zero-order valence-corrected chi connectivity index (χ0v) is 10.5. The fourth-order valence-corrected chi connectivity index (χ4v) is 3.25. The molecular formula is C17H20. The lowest BCUT2D eigenvalue weighted by Crippen LogP contribution is -2.14. The summed E-state index contributed by atoms with van der Waals surface area (Å²) in [5.41, 5.74) is 1.55. The predicted molar refractivity (Wildman–Crippen MR) is 74.3 cm³/mol. The molecule has 88 valence electrons. The van der Waals surface area contributed by atoms with Gasteiger partial charge in [0.1, 0.15) is 0 Å². The Morgan fingerprint density at radius 1 is 0.882 bits per heavy atom. The first-order chi connectivity index (χ1) is 8.34. The molecule has 0 aliphatic heterocycles. The molecule has 0 aromatic heterocycles. The van der Waals surface area contributed by atoms with Crippen LogP contribution in [0, 0.1) is 5.92 Å². The minimum absolute atomic E-state index is 0.786. The van der Waals surface area contributed by atoms with E-state index in [-0.39, 0.29) is 0 Å². The second-order valence-electron chi connectivity index (χ2n) is 5.47. The molecule has 0 amide bonds. The first kappa shape index (κ1) is 10.8. The molecule has 0 spiro atoms. The first-order valence-corrected chi connectivity index (χ1v) is 6.83. The molecule has 2 atom stereocenters. The molecule has 0 N–H and O–H groups in total. The number of benzene rings is 2. The normalized spacial score (nSPS) is 25.0. The van der Waals surface area contributed by atoms with E-state index in [1.54, 1.807) is 5.56 Å². The molecule has 0 saturated heterocycles. The summed E-state index contributed by atoms with van der Waals surface area (Å²) in [5.74, 6) is 1.64. The van der Waals surface area contributed by atoms with Crippen molar-refractivity contribution in [3.63, 3.8) is 0 Å². The highest BCUT2D eigenvalue weighted by Gasteiger charge is 2.22. The smallest absolute Gasteiger partial charge is 0.0136 e. The summed E-state index contributed by atoms with van der Waals surface area (Å²) in [6, 6.07) is 15.7. The van der Waals surface area contributed by atoms with Gasteiger partial charge in [-0.05, 0) is 34.6 Å². The van der Waals surface area contributed by atoms with E-state index in [0.717, 1.165) is 11.8 Å². The van der Waals surface area contributed by atoms with Gasteiger partial charge in [-0.25, -0.2) is 0 Å². The molecule has 0 heteroatoms. The molecule has 17 heavy (non-hydrogen) atoms. The fraction of sp³-hybridized carbons (Fsp3) is 0.412. The lowest BCUT2D eigenvalue weighted by Gasteiger charge is -2.29. The third-order valence-electron chi connectivity index (χ3n) is 4.31. The Bertz CT molecular complexity index is 512. The van der Waals surface area contributed by atoms with Gasteiger partial charge in [0.05, 0.1) is 0 Å². The molecule has 0 nitrogen and oxygen atoms in total. The third-order valence-corrected chi connectivity index (χ3v) is 4.31. The fourth-order valence-electron chi connectivity index (χ4n) is 3.25. The Morgan fingerprint density at radius 2 is 1.65 bits per heavy atom. The van der Waals surface area contributed by atoms with Gasteiger partial charge < -0.3 is 0 Å². The molecule has 3 rings (SSSR count). The van der Waals surface area contributed by atoms with Crippen molar-refractivity contribution in [2.75, 3.05) is 0 Å². The maximum absolute atomic E-state index is 2.42. The van der Waals surface area contributed by atoms with E-state index in [0.29, 0.717) is 0 Å². The standard InChI is InChI=1S/C17H20/c1-13-6-2-5-9-17(13)16-11-10-14-7-3-4-8-15(14)12-16/h3-4,7-8,10-13,17H,2,5-6,9H2,1H3. The van der Waals surface area contributed by atoms with Crippen molar-refractivity contribution >= 4 is 10.8 Å². The van der Waals surface area contributed by atoms with Crippen molar-refractivity contribution < 1.29 is 0 Å². The van der Waals surface area contributed by atoms with Crippen LogP contribution >= 0.6 is 0 Å². The lowest BCUT2D eigenvalue weighted by molar-refractivity contribution is 0.331. The van der Waals surface area contributed by atoms with Crippen molar-refractivity contribution in [1.29, 1.82) is 0 Å². The van der Waals surface area contributed by atoms with Crippen LogP contribution in [0.5, 0.6) is 0 Å². The Morgan fingerprint density at radius 3 is 2.47 bits per heavy atom. The van der Waals surface area contributed by atoms with Gasteiger partial charge in [-0.1, -0.05) is 68.7 Å². The average molecular weight is 224 g/mol. The van der Waals surface area contributed by atoms with Crippen LogP contribution in [0.25, 0.3) is 10.8 Å². The molecule has 0 radical (unpaired) electrons. The van der Waals surface area contributed by atoms with Gasteiger partial charge >= 0.3 is 0 Å². The van der Waals surface area contributed by atoms with Gasteiger partial charge in [0.25, 0.3) is 0 Å². The van der Waals surface area contributed by atoms with Crippen molar-refractivity contribution in [3.8, 4) is 0 Å². The first-order valence-electron chi connectivity index (χ1n) is 6.83. The molecule has 0 heterocycles. The lowest BCUT2D eigenvalue weighted by atomic mass is 9.76. The van der Waals surface area contributed by atoms with Crippen LogP contribution in [0.3, 0.4) is 0 Å². The van der Waals surface area contributed by atoms with Crippen molar-refractivity contribution in [1.82, 2.24) is 0 Å². The quantitative estimate of drug-likeness (QED) is 0.629. The third kappa shape index (κ3) is 2.09.